The summed E-state index contributed by atoms with van der Waals surface area (Å²) >= 11 is 0. The first-order chi connectivity index (χ1) is 15.2. The molecule has 3 aromatic rings. The first-order valence-corrected chi connectivity index (χ1v) is 11.1. The molecule has 0 saturated carbocycles. The number of likely N-dealkylation sites (tertiary alicyclic amines) is 1. The van der Waals surface area contributed by atoms with Crippen LogP contribution in [0.1, 0.15) is 32.3 Å². The van der Waals surface area contributed by atoms with Gasteiger partial charge in [-0.25, -0.2) is 4.98 Å². The van der Waals surface area contributed by atoms with Crippen LogP contribution in [0.3, 0.4) is 0 Å². The number of anilines is 1. The van der Waals surface area contributed by atoms with Crippen LogP contribution in [0.25, 0.3) is 10.8 Å². The molecular formula is C25H30FN3O2. The molecule has 0 bridgehead atoms. The zero-order chi connectivity index (χ0) is 21.6. The van der Waals surface area contributed by atoms with E-state index in [0.29, 0.717) is 19.3 Å². The number of piperidine rings is 1. The number of rotatable bonds is 8. The van der Waals surface area contributed by atoms with Gasteiger partial charge in [-0.3, -0.25) is 4.90 Å². The second-order valence-electron chi connectivity index (χ2n) is 7.85. The molecule has 0 spiro atoms. The average Bonchev–Trinajstić information content (AvgIpc) is 2.79. The maximum Gasteiger partial charge on any atom is 0.206 e. The molecule has 1 saturated heterocycles. The van der Waals surface area contributed by atoms with E-state index in [4.69, 9.17) is 9.47 Å². The molecular weight excluding hydrogens is 393 g/mol. The second-order valence-corrected chi connectivity index (χ2v) is 7.85. The topological polar surface area (TPSA) is 46.6 Å². The molecule has 6 heteroatoms. The van der Waals surface area contributed by atoms with Crippen molar-refractivity contribution in [2.24, 2.45) is 0 Å². The number of fused-ring (bicyclic) bond motifs is 1. The molecule has 1 N–H and O–H groups in total. The van der Waals surface area contributed by atoms with Gasteiger partial charge in [-0.1, -0.05) is 24.3 Å². The first-order valence-electron chi connectivity index (χ1n) is 11.1. The number of halogens is 1. The summed E-state index contributed by atoms with van der Waals surface area (Å²) in [6.45, 7) is 7.24. The van der Waals surface area contributed by atoms with Gasteiger partial charge in [-0.2, -0.15) is 4.39 Å². The Morgan fingerprint density at radius 1 is 1.03 bits per heavy atom. The van der Waals surface area contributed by atoms with Crippen LogP contribution in [-0.4, -0.2) is 42.2 Å². The Labute approximate surface area is 183 Å². The summed E-state index contributed by atoms with van der Waals surface area (Å²) in [5.41, 5.74) is 1.01. The summed E-state index contributed by atoms with van der Waals surface area (Å²) in [5, 5.41) is 6.00. The van der Waals surface area contributed by atoms with Crippen LogP contribution in [0.4, 0.5) is 10.2 Å². The highest BCUT2D eigenvalue weighted by Gasteiger charge is 2.21. The fourth-order valence-electron chi connectivity index (χ4n) is 4.16. The Morgan fingerprint density at radius 3 is 2.39 bits per heavy atom. The Bertz CT molecular complexity index is 986. The van der Waals surface area contributed by atoms with E-state index in [1.54, 1.807) is 12.1 Å². The Balaban J connectivity index is 1.39. The lowest BCUT2D eigenvalue weighted by Crippen LogP contribution is -2.38. The number of aromatic nitrogens is 1. The van der Waals surface area contributed by atoms with Crippen molar-refractivity contribution < 1.29 is 13.9 Å². The molecule has 5 nitrogen and oxygen atoms in total. The zero-order valence-electron chi connectivity index (χ0n) is 18.2. The highest BCUT2D eigenvalue weighted by Crippen LogP contribution is 2.30. The van der Waals surface area contributed by atoms with Crippen LogP contribution in [0.2, 0.25) is 0 Å². The monoisotopic (exact) mass is 423 g/mol. The number of nitrogens with one attached hydrogen (secondary N) is 1. The molecule has 1 aliphatic heterocycles. The second kappa shape index (κ2) is 9.96. The van der Waals surface area contributed by atoms with Gasteiger partial charge in [0.05, 0.1) is 13.2 Å². The molecule has 1 aliphatic rings. The molecule has 2 aromatic carbocycles. The minimum Gasteiger partial charge on any atom is -0.491 e. The van der Waals surface area contributed by atoms with Gasteiger partial charge in [0.25, 0.3) is 0 Å². The van der Waals surface area contributed by atoms with Gasteiger partial charge in [0.2, 0.25) is 5.82 Å². The highest BCUT2D eigenvalue weighted by atomic mass is 19.1. The van der Waals surface area contributed by atoms with E-state index < -0.39 is 5.82 Å². The van der Waals surface area contributed by atoms with Crippen LogP contribution in [0, 0.1) is 5.82 Å². The predicted molar refractivity (Wildman–Crippen MR) is 122 cm³/mol. The molecule has 1 aromatic heterocycles. The van der Waals surface area contributed by atoms with Gasteiger partial charge < -0.3 is 14.8 Å². The van der Waals surface area contributed by atoms with E-state index in [9.17, 15) is 4.39 Å². The first kappa shape index (κ1) is 21.4. The van der Waals surface area contributed by atoms with E-state index in [-0.39, 0.29) is 11.5 Å². The van der Waals surface area contributed by atoms with Crippen LogP contribution in [0.5, 0.6) is 11.5 Å². The lowest BCUT2D eigenvalue weighted by atomic mass is 10.0. The standard InChI is InChI=1S/C25H30FN3O2/c1-3-30-22-15-18(16-23(24(22)26)31-4-2)17-29-13-10-20(11-14-29)28-25-21-8-6-5-7-19(21)9-12-27-25/h5-9,12,15-16,20H,3-4,10-11,13-14,17H2,1-2H3,(H,27,28). The van der Waals surface area contributed by atoms with E-state index >= 15 is 0 Å². The van der Waals surface area contributed by atoms with Crippen molar-refractivity contribution in [3.63, 3.8) is 0 Å². The molecule has 4 rings (SSSR count). The molecule has 2 heterocycles. The molecule has 0 aliphatic carbocycles. The lowest BCUT2D eigenvalue weighted by molar-refractivity contribution is 0.210. The van der Waals surface area contributed by atoms with Crippen LogP contribution in [-0.2, 0) is 6.54 Å². The Kier molecular flexibility index (Phi) is 6.87. The number of pyridine rings is 1. The van der Waals surface area contributed by atoms with Crippen molar-refractivity contribution in [1.29, 1.82) is 0 Å². The van der Waals surface area contributed by atoms with E-state index in [2.05, 4.69) is 27.3 Å². The average molecular weight is 424 g/mol. The molecule has 31 heavy (non-hydrogen) atoms. The van der Waals surface area contributed by atoms with Crippen molar-refractivity contribution in [2.75, 3.05) is 31.6 Å². The van der Waals surface area contributed by atoms with Gasteiger partial charge >= 0.3 is 0 Å². The SMILES string of the molecule is CCOc1cc(CN2CCC(Nc3nccc4ccccc34)CC2)cc(OCC)c1F. The minimum absolute atomic E-state index is 0.266. The summed E-state index contributed by atoms with van der Waals surface area (Å²) in [7, 11) is 0. The van der Waals surface area contributed by atoms with E-state index in [1.807, 2.05) is 38.2 Å². The zero-order valence-corrected chi connectivity index (χ0v) is 18.2. The minimum atomic E-state index is -0.419. The van der Waals surface area contributed by atoms with Gasteiger partial charge in [0, 0.05) is 37.3 Å². The van der Waals surface area contributed by atoms with Crippen LogP contribution >= 0.6 is 0 Å². The quantitative estimate of drug-likeness (QED) is 0.536. The maximum absolute atomic E-state index is 14.5. The lowest BCUT2D eigenvalue weighted by Gasteiger charge is -2.33. The maximum atomic E-state index is 14.5. The van der Waals surface area contributed by atoms with Crippen molar-refractivity contribution in [3.05, 3.63) is 60.0 Å². The number of ether oxygens (including phenoxy) is 2. The Hall–Kier alpha value is -2.86. The van der Waals surface area contributed by atoms with Gasteiger partial charge in [0.15, 0.2) is 11.5 Å². The highest BCUT2D eigenvalue weighted by molar-refractivity contribution is 5.91. The molecule has 0 radical (unpaired) electrons. The summed E-state index contributed by atoms with van der Waals surface area (Å²) in [5.74, 6) is 1.07. The molecule has 0 atom stereocenters. The van der Waals surface area contributed by atoms with E-state index in [1.165, 1.54) is 5.39 Å². The van der Waals surface area contributed by atoms with Crippen molar-refractivity contribution in [3.8, 4) is 11.5 Å². The number of nitrogens with zero attached hydrogens (tertiary/aromatic N) is 2. The van der Waals surface area contributed by atoms with Crippen molar-refractivity contribution in [2.45, 2.75) is 39.3 Å². The van der Waals surface area contributed by atoms with Gasteiger partial charge in [-0.15, -0.1) is 0 Å². The normalized spacial score (nSPS) is 15.2. The third-order valence-corrected chi connectivity index (χ3v) is 5.67. The number of hydrogen-bond acceptors (Lipinski definition) is 5. The predicted octanol–water partition coefficient (Wildman–Crippen LogP) is 5.25. The van der Waals surface area contributed by atoms with Gasteiger partial charge in [-0.05, 0) is 55.8 Å². The van der Waals surface area contributed by atoms with E-state index in [0.717, 1.165) is 49.2 Å². The van der Waals surface area contributed by atoms with Crippen molar-refractivity contribution >= 4 is 16.6 Å². The molecule has 164 valence electrons. The third kappa shape index (κ3) is 5.07. The molecule has 0 unspecified atom stereocenters. The molecule has 0 amide bonds. The third-order valence-electron chi connectivity index (χ3n) is 5.67. The smallest absolute Gasteiger partial charge is 0.206 e. The Morgan fingerprint density at radius 2 is 1.71 bits per heavy atom. The fourth-order valence-corrected chi connectivity index (χ4v) is 4.16. The number of benzene rings is 2. The summed E-state index contributed by atoms with van der Waals surface area (Å²) in [6, 6.07) is 14.3. The summed E-state index contributed by atoms with van der Waals surface area (Å²) in [4.78, 5) is 6.96. The van der Waals surface area contributed by atoms with Crippen LogP contribution in [0.15, 0.2) is 48.7 Å². The van der Waals surface area contributed by atoms with Crippen LogP contribution < -0.4 is 14.8 Å². The van der Waals surface area contributed by atoms with Crippen molar-refractivity contribution in [1.82, 2.24) is 9.88 Å². The molecule has 1 fully saturated rings. The number of hydrogen-bond donors (Lipinski definition) is 1. The largest absolute Gasteiger partial charge is 0.491 e. The summed E-state index contributed by atoms with van der Waals surface area (Å²) in [6.07, 6.45) is 3.92. The fraction of sp³-hybridized carbons (Fsp3) is 0.400. The van der Waals surface area contributed by atoms with Gasteiger partial charge in [0.1, 0.15) is 5.82 Å². The summed E-state index contributed by atoms with van der Waals surface area (Å²) < 4.78 is 25.5.